The van der Waals surface area contributed by atoms with Crippen LogP contribution in [0.2, 0.25) is 0 Å². The van der Waals surface area contributed by atoms with E-state index in [0.29, 0.717) is 13.0 Å². The summed E-state index contributed by atoms with van der Waals surface area (Å²) in [6.07, 6.45) is 6.06. The van der Waals surface area contributed by atoms with Crippen LogP contribution in [0.5, 0.6) is 5.75 Å². The van der Waals surface area contributed by atoms with Gasteiger partial charge in [0.25, 0.3) is 0 Å². The average Bonchev–Trinajstić information content (AvgIpc) is 3.14. The lowest BCUT2D eigenvalue weighted by atomic mass is 9.83. The van der Waals surface area contributed by atoms with Crippen LogP contribution in [0.4, 0.5) is 5.69 Å². The number of carbonyl (C=O) groups excluding carboxylic acids is 2. The Morgan fingerprint density at radius 3 is 2.70 bits per heavy atom. The summed E-state index contributed by atoms with van der Waals surface area (Å²) in [5.74, 6) is 0.813. The Balaban J connectivity index is 1.25. The van der Waals surface area contributed by atoms with Crippen LogP contribution in [-0.2, 0) is 20.9 Å². The van der Waals surface area contributed by atoms with E-state index < -0.39 is 6.10 Å². The molecule has 174 valence electrons. The van der Waals surface area contributed by atoms with Crippen molar-refractivity contribution in [1.82, 2.24) is 10.3 Å². The molecule has 1 saturated heterocycles. The molecule has 33 heavy (non-hydrogen) atoms. The first kappa shape index (κ1) is 21.9. The molecule has 2 aromatic rings. The summed E-state index contributed by atoms with van der Waals surface area (Å²) in [6.45, 7) is 0.245. The van der Waals surface area contributed by atoms with Gasteiger partial charge in [-0.15, -0.1) is 0 Å². The average molecular weight is 452 g/mol. The number of carbonyl (C=O) groups is 2. The fourth-order valence-electron chi connectivity index (χ4n) is 4.86. The van der Waals surface area contributed by atoms with Gasteiger partial charge >= 0.3 is 0 Å². The number of benzene rings is 1. The molecule has 2 amide bonds. The van der Waals surface area contributed by atoms with Crippen molar-refractivity contribution in [2.45, 2.75) is 62.9 Å². The van der Waals surface area contributed by atoms with Gasteiger partial charge in [-0.25, -0.2) is 0 Å². The van der Waals surface area contributed by atoms with E-state index in [9.17, 15) is 14.7 Å². The minimum atomic E-state index is -0.512. The molecule has 3 heterocycles. The summed E-state index contributed by atoms with van der Waals surface area (Å²) < 4.78 is 12.1. The van der Waals surface area contributed by atoms with Crippen LogP contribution >= 0.6 is 0 Å². The summed E-state index contributed by atoms with van der Waals surface area (Å²) in [5.41, 5.74) is 2.73. The van der Waals surface area contributed by atoms with Gasteiger partial charge in [0.1, 0.15) is 18.0 Å². The molecule has 0 unspecified atom stereocenters. The van der Waals surface area contributed by atoms with Crippen molar-refractivity contribution < 1.29 is 24.2 Å². The number of aromatic nitrogens is 1. The summed E-state index contributed by atoms with van der Waals surface area (Å²) in [6, 6.07) is 9.41. The molecule has 1 saturated carbocycles. The molecule has 0 spiro atoms. The highest BCUT2D eigenvalue weighted by atomic mass is 16.6. The predicted molar refractivity (Wildman–Crippen MR) is 121 cm³/mol. The van der Waals surface area contributed by atoms with E-state index in [1.807, 2.05) is 30.3 Å². The number of nitrogens with one attached hydrogen (secondary N) is 2. The molecular formula is C25H29N3O5. The van der Waals surface area contributed by atoms with Crippen LogP contribution < -0.4 is 15.4 Å². The highest BCUT2D eigenvalue weighted by Gasteiger charge is 2.46. The van der Waals surface area contributed by atoms with E-state index >= 15 is 0 Å². The third kappa shape index (κ3) is 4.72. The molecule has 2 aliphatic heterocycles. The summed E-state index contributed by atoms with van der Waals surface area (Å²) in [5, 5.41) is 15.9. The second-order valence-corrected chi connectivity index (χ2v) is 9.11. The molecule has 0 bridgehead atoms. The maximum atomic E-state index is 12.5. The standard InChI is InChI=1S/C25H29N3O5/c29-14-22-24-20(11-18(32-22)12-23(30)27-13-15-6-8-26-9-7-15)19-10-17(4-5-21(19)33-24)28-25(31)16-2-1-3-16/h4-10,16,18,20,22,24,29H,1-3,11-14H2,(H,27,30)(H,28,31)/t18-,20-,22-,24+/m0/s1. The quantitative estimate of drug-likeness (QED) is 0.597. The van der Waals surface area contributed by atoms with Crippen molar-refractivity contribution in [1.29, 1.82) is 0 Å². The van der Waals surface area contributed by atoms with Gasteiger partial charge in [0.05, 0.1) is 19.1 Å². The Hall–Kier alpha value is -2.97. The van der Waals surface area contributed by atoms with Crippen molar-refractivity contribution in [3.8, 4) is 5.75 Å². The maximum absolute atomic E-state index is 12.5. The Morgan fingerprint density at radius 1 is 1.15 bits per heavy atom. The Bertz CT molecular complexity index is 1010. The Morgan fingerprint density at radius 2 is 1.97 bits per heavy atom. The van der Waals surface area contributed by atoms with Gasteiger partial charge in [-0.2, -0.15) is 0 Å². The van der Waals surface area contributed by atoms with E-state index in [2.05, 4.69) is 15.6 Å². The van der Waals surface area contributed by atoms with Crippen LogP contribution in [0.1, 0.15) is 49.1 Å². The number of aliphatic hydroxyl groups excluding tert-OH is 1. The highest BCUT2D eigenvalue weighted by molar-refractivity contribution is 5.93. The third-order valence-corrected chi connectivity index (χ3v) is 6.89. The van der Waals surface area contributed by atoms with Crippen LogP contribution in [0.25, 0.3) is 0 Å². The molecule has 8 nitrogen and oxygen atoms in total. The van der Waals surface area contributed by atoms with E-state index in [1.165, 1.54) is 0 Å². The number of aliphatic hydroxyl groups is 1. The molecular weight excluding hydrogens is 422 g/mol. The molecule has 3 N–H and O–H groups in total. The highest BCUT2D eigenvalue weighted by Crippen LogP contribution is 2.47. The van der Waals surface area contributed by atoms with Gasteiger partial charge in [-0.05, 0) is 55.2 Å². The number of hydrogen-bond donors (Lipinski definition) is 3. The van der Waals surface area contributed by atoms with Gasteiger partial charge in [0.2, 0.25) is 11.8 Å². The topological polar surface area (TPSA) is 110 Å². The van der Waals surface area contributed by atoms with E-state index in [1.54, 1.807) is 12.4 Å². The predicted octanol–water partition coefficient (Wildman–Crippen LogP) is 2.52. The number of anilines is 1. The first-order valence-electron chi connectivity index (χ1n) is 11.6. The van der Waals surface area contributed by atoms with Crippen molar-refractivity contribution in [2.24, 2.45) is 5.92 Å². The second-order valence-electron chi connectivity index (χ2n) is 9.11. The van der Waals surface area contributed by atoms with Crippen molar-refractivity contribution in [2.75, 3.05) is 11.9 Å². The van der Waals surface area contributed by atoms with Crippen LogP contribution in [0, 0.1) is 5.92 Å². The number of pyridine rings is 1. The zero-order chi connectivity index (χ0) is 22.8. The number of rotatable bonds is 7. The summed E-state index contributed by atoms with van der Waals surface area (Å²) in [7, 11) is 0. The summed E-state index contributed by atoms with van der Waals surface area (Å²) in [4.78, 5) is 28.9. The minimum absolute atomic E-state index is 0.00977. The first-order valence-corrected chi connectivity index (χ1v) is 11.6. The van der Waals surface area contributed by atoms with Crippen molar-refractivity contribution >= 4 is 17.5 Å². The van der Waals surface area contributed by atoms with Gasteiger partial charge in [-0.1, -0.05) is 6.42 Å². The largest absolute Gasteiger partial charge is 0.487 e. The zero-order valence-corrected chi connectivity index (χ0v) is 18.4. The molecule has 4 atom stereocenters. The SMILES string of the molecule is O=C(C[C@@H]1C[C@H]2c3cc(NC(=O)C4CCC4)ccc3O[C@H]2[C@H](CO)O1)NCc1ccncc1. The zero-order valence-electron chi connectivity index (χ0n) is 18.4. The lowest BCUT2D eigenvalue weighted by Gasteiger charge is -2.37. The van der Waals surface area contributed by atoms with Gasteiger partial charge in [0, 0.05) is 42.0 Å². The number of amides is 2. The monoisotopic (exact) mass is 451 g/mol. The Kier molecular flexibility index (Phi) is 6.28. The van der Waals surface area contributed by atoms with Crippen molar-refractivity contribution in [3.63, 3.8) is 0 Å². The minimum Gasteiger partial charge on any atom is -0.487 e. The fourth-order valence-corrected chi connectivity index (χ4v) is 4.86. The van der Waals surface area contributed by atoms with Crippen LogP contribution in [0.15, 0.2) is 42.7 Å². The van der Waals surface area contributed by atoms with Crippen LogP contribution in [-0.4, -0.2) is 46.8 Å². The van der Waals surface area contributed by atoms with Crippen LogP contribution in [0.3, 0.4) is 0 Å². The van der Waals surface area contributed by atoms with Gasteiger partial charge in [0.15, 0.2) is 0 Å². The van der Waals surface area contributed by atoms with E-state index in [-0.39, 0.29) is 48.9 Å². The van der Waals surface area contributed by atoms with Crippen molar-refractivity contribution in [3.05, 3.63) is 53.9 Å². The fraction of sp³-hybridized carbons (Fsp3) is 0.480. The maximum Gasteiger partial charge on any atom is 0.227 e. The van der Waals surface area contributed by atoms with Gasteiger partial charge < -0.3 is 25.2 Å². The smallest absolute Gasteiger partial charge is 0.227 e. The number of fused-ring (bicyclic) bond motifs is 3. The third-order valence-electron chi connectivity index (χ3n) is 6.89. The summed E-state index contributed by atoms with van der Waals surface area (Å²) >= 11 is 0. The lowest BCUT2D eigenvalue weighted by molar-refractivity contribution is -0.142. The number of ether oxygens (including phenoxy) is 2. The molecule has 1 aliphatic carbocycles. The van der Waals surface area contributed by atoms with Gasteiger partial charge in [-0.3, -0.25) is 14.6 Å². The number of nitrogens with zero attached hydrogens (tertiary/aromatic N) is 1. The Labute approximate surface area is 192 Å². The molecule has 0 radical (unpaired) electrons. The number of hydrogen-bond acceptors (Lipinski definition) is 6. The first-order chi connectivity index (χ1) is 16.1. The van der Waals surface area contributed by atoms with E-state index in [4.69, 9.17) is 9.47 Å². The molecule has 2 fully saturated rings. The molecule has 3 aliphatic rings. The molecule has 5 rings (SSSR count). The second kappa shape index (κ2) is 9.49. The normalized spacial score (nSPS) is 25.8. The molecule has 1 aromatic carbocycles. The van der Waals surface area contributed by atoms with E-state index in [0.717, 1.165) is 41.8 Å². The molecule has 8 heteroatoms. The molecule has 1 aromatic heterocycles. The lowest BCUT2D eigenvalue weighted by Crippen LogP contribution is -2.47.